The average Bonchev–Trinajstić information content (AvgIpc) is 3.26. The van der Waals surface area contributed by atoms with E-state index < -0.39 is 0 Å². The number of hydrogen-bond acceptors (Lipinski definition) is 6. The van der Waals surface area contributed by atoms with Crippen LogP contribution in [0, 0.1) is 0 Å². The van der Waals surface area contributed by atoms with Gasteiger partial charge in [-0.05, 0) is 19.4 Å². The Morgan fingerprint density at radius 3 is 2.67 bits per heavy atom. The molecule has 0 spiro atoms. The minimum atomic E-state index is 0.286. The Morgan fingerprint density at radius 1 is 1.23 bits per heavy atom. The van der Waals surface area contributed by atoms with Gasteiger partial charge in [-0.15, -0.1) is 0 Å². The van der Waals surface area contributed by atoms with Crippen LogP contribution in [0.15, 0.2) is 41.5 Å². The van der Waals surface area contributed by atoms with E-state index in [1.54, 1.807) is 27.5 Å². The maximum Gasteiger partial charge on any atom is 0.218 e. The van der Waals surface area contributed by atoms with Crippen molar-refractivity contribution in [3.05, 3.63) is 42.1 Å². The van der Waals surface area contributed by atoms with E-state index in [0.29, 0.717) is 19.0 Å². The third kappa shape index (κ3) is 5.46. The lowest BCUT2D eigenvalue weighted by molar-refractivity contribution is 0.322. The maximum absolute atomic E-state index is 5.60. The van der Waals surface area contributed by atoms with Crippen molar-refractivity contribution in [3.8, 4) is 17.4 Å². The van der Waals surface area contributed by atoms with Crippen molar-refractivity contribution in [1.29, 1.82) is 0 Å². The summed E-state index contributed by atoms with van der Waals surface area (Å²) >= 11 is 0. The van der Waals surface area contributed by atoms with Gasteiger partial charge in [0.05, 0.1) is 20.8 Å². The smallest absolute Gasteiger partial charge is 0.218 e. The van der Waals surface area contributed by atoms with Gasteiger partial charge in [0.15, 0.2) is 5.96 Å². The summed E-state index contributed by atoms with van der Waals surface area (Å²) in [6.45, 7) is 4.95. The largest absolute Gasteiger partial charge is 0.497 e. The molecule has 3 rings (SSSR count). The lowest BCUT2D eigenvalue weighted by Crippen LogP contribution is -2.44. The molecule has 1 aromatic heterocycles. The Balaban J connectivity index is 1.58. The summed E-state index contributed by atoms with van der Waals surface area (Å²) in [6.07, 6.45) is 2.75. The normalized spacial score (nSPS) is 16.3. The third-order valence-electron chi connectivity index (χ3n) is 5.03. The molecule has 2 heterocycles. The number of pyridine rings is 1. The second-order valence-electron chi connectivity index (χ2n) is 6.97. The molecule has 30 heavy (non-hydrogen) atoms. The van der Waals surface area contributed by atoms with Crippen LogP contribution in [0.4, 0.5) is 5.69 Å². The molecule has 1 aliphatic heterocycles. The number of aromatic nitrogens is 1. The van der Waals surface area contributed by atoms with Gasteiger partial charge in [0.2, 0.25) is 5.88 Å². The Kier molecular flexibility index (Phi) is 7.59. The number of aliphatic imine (C=N–C) groups is 1. The molecule has 1 atom stereocenters. The highest BCUT2D eigenvalue weighted by atomic mass is 16.5. The minimum Gasteiger partial charge on any atom is -0.497 e. The SMILES string of the molecule is CCOc1ncccc1CNC(=NC)NC1CCN(c2cc(OC)cc(OC)c2)C1. The summed E-state index contributed by atoms with van der Waals surface area (Å²) in [5, 5.41) is 6.88. The van der Waals surface area contributed by atoms with E-state index >= 15 is 0 Å². The molecule has 8 heteroatoms. The zero-order valence-electron chi connectivity index (χ0n) is 18.1. The van der Waals surface area contributed by atoms with E-state index in [-0.39, 0.29) is 6.04 Å². The van der Waals surface area contributed by atoms with E-state index in [4.69, 9.17) is 14.2 Å². The monoisotopic (exact) mass is 413 g/mol. The highest BCUT2D eigenvalue weighted by Gasteiger charge is 2.24. The zero-order chi connectivity index (χ0) is 21.3. The molecule has 2 aromatic rings. The molecule has 0 bridgehead atoms. The van der Waals surface area contributed by atoms with Gasteiger partial charge < -0.3 is 29.7 Å². The number of nitrogens with zero attached hydrogens (tertiary/aromatic N) is 3. The number of methoxy groups -OCH3 is 2. The number of benzene rings is 1. The first-order valence-electron chi connectivity index (χ1n) is 10.2. The molecule has 1 aliphatic rings. The van der Waals surface area contributed by atoms with E-state index in [1.807, 2.05) is 37.3 Å². The fourth-order valence-electron chi connectivity index (χ4n) is 3.48. The van der Waals surface area contributed by atoms with Gasteiger partial charge in [-0.2, -0.15) is 0 Å². The summed E-state index contributed by atoms with van der Waals surface area (Å²) in [7, 11) is 5.12. The number of guanidine groups is 1. The van der Waals surface area contributed by atoms with Crippen LogP contribution in [0.2, 0.25) is 0 Å². The number of nitrogens with one attached hydrogen (secondary N) is 2. The molecule has 1 fully saturated rings. The summed E-state index contributed by atoms with van der Waals surface area (Å²) < 4.78 is 16.4. The van der Waals surface area contributed by atoms with Gasteiger partial charge in [-0.1, -0.05) is 6.07 Å². The average molecular weight is 414 g/mol. The molecule has 0 saturated carbocycles. The predicted octanol–water partition coefficient (Wildman–Crippen LogP) is 2.44. The number of hydrogen-bond donors (Lipinski definition) is 2. The first-order valence-corrected chi connectivity index (χ1v) is 10.2. The second kappa shape index (κ2) is 10.6. The van der Waals surface area contributed by atoms with E-state index in [2.05, 4.69) is 25.5 Å². The standard InChI is InChI=1S/C22H31N5O3/c1-5-30-21-16(7-6-9-24-21)14-25-22(23-2)26-17-8-10-27(15-17)18-11-19(28-3)13-20(12-18)29-4/h6-7,9,11-13,17H,5,8,10,14-15H2,1-4H3,(H2,23,25,26). The second-order valence-corrected chi connectivity index (χ2v) is 6.97. The molecule has 0 amide bonds. The third-order valence-corrected chi connectivity index (χ3v) is 5.03. The number of ether oxygens (including phenoxy) is 3. The quantitative estimate of drug-likeness (QED) is 0.508. The highest BCUT2D eigenvalue weighted by molar-refractivity contribution is 5.80. The van der Waals surface area contributed by atoms with Gasteiger partial charge in [-0.3, -0.25) is 4.99 Å². The van der Waals surface area contributed by atoms with Gasteiger partial charge >= 0.3 is 0 Å². The summed E-state index contributed by atoms with van der Waals surface area (Å²) in [5.74, 6) is 3.00. The van der Waals surface area contributed by atoms with Crippen LogP contribution in [0.3, 0.4) is 0 Å². The van der Waals surface area contributed by atoms with Gasteiger partial charge in [0.1, 0.15) is 11.5 Å². The molecule has 1 unspecified atom stereocenters. The van der Waals surface area contributed by atoms with Crippen molar-refractivity contribution in [2.24, 2.45) is 4.99 Å². The van der Waals surface area contributed by atoms with Crippen molar-refractivity contribution in [2.75, 3.05) is 45.9 Å². The van der Waals surface area contributed by atoms with Crippen LogP contribution >= 0.6 is 0 Å². The Morgan fingerprint density at radius 2 is 2.00 bits per heavy atom. The molecule has 1 saturated heterocycles. The van der Waals surface area contributed by atoms with Crippen molar-refractivity contribution in [2.45, 2.75) is 25.9 Å². The minimum absolute atomic E-state index is 0.286. The summed E-state index contributed by atoms with van der Waals surface area (Å²) in [6, 6.07) is 10.2. The predicted molar refractivity (Wildman–Crippen MR) is 119 cm³/mol. The first kappa shape index (κ1) is 21.5. The molecule has 2 N–H and O–H groups in total. The molecule has 1 aromatic carbocycles. The molecule has 0 radical (unpaired) electrons. The van der Waals surface area contributed by atoms with Crippen molar-refractivity contribution < 1.29 is 14.2 Å². The molecular weight excluding hydrogens is 382 g/mol. The van der Waals surface area contributed by atoms with Crippen LogP contribution < -0.4 is 29.7 Å². The van der Waals surface area contributed by atoms with E-state index in [1.165, 1.54) is 0 Å². The molecule has 0 aliphatic carbocycles. The van der Waals surface area contributed by atoms with Gasteiger partial charge in [0, 0.05) is 68.4 Å². The molecule has 8 nitrogen and oxygen atoms in total. The van der Waals surface area contributed by atoms with Crippen molar-refractivity contribution >= 4 is 11.6 Å². The number of rotatable bonds is 8. The first-order chi connectivity index (χ1) is 14.7. The Hall–Kier alpha value is -3.16. The Labute approximate surface area is 178 Å². The lowest BCUT2D eigenvalue weighted by Gasteiger charge is -2.21. The zero-order valence-corrected chi connectivity index (χ0v) is 18.1. The number of anilines is 1. The van der Waals surface area contributed by atoms with E-state index in [9.17, 15) is 0 Å². The van der Waals surface area contributed by atoms with E-state index in [0.717, 1.165) is 48.2 Å². The molecular formula is C22H31N5O3. The van der Waals surface area contributed by atoms with Crippen LogP contribution in [0.1, 0.15) is 18.9 Å². The topological polar surface area (TPSA) is 80.2 Å². The van der Waals surface area contributed by atoms with Crippen LogP contribution in [-0.2, 0) is 6.54 Å². The molecule has 162 valence electrons. The van der Waals surface area contributed by atoms with Gasteiger partial charge in [0.25, 0.3) is 0 Å². The maximum atomic E-state index is 5.60. The highest BCUT2D eigenvalue weighted by Crippen LogP contribution is 2.30. The Bertz CT molecular complexity index is 836. The van der Waals surface area contributed by atoms with Gasteiger partial charge in [-0.25, -0.2) is 4.98 Å². The summed E-state index contributed by atoms with van der Waals surface area (Å²) in [4.78, 5) is 11.0. The van der Waals surface area contributed by atoms with Crippen LogP contribution in [0.5, 0.6) is 17.4 Å². The van der Waals surface area contributed by atoms with Crippen molar-refractivity contribution in [3.63, 3.8) is 0 Å². The fraction of sp³-hybridized carbons (Fsp3) is 0.455. The van der Waals surface area contributed by atoms with Crippen molar-refractivity contribution in [1.82, 2.24) is 15.6 Å². The van der Waals surface area contributed by atoms with Crippen LogP contribution in [-0.4, -0.2) is 57.9 Å². The summed E-state index contributed by atoms with van der Waals surface area (Å²) in [5.41, 5.74) is 2.09. The fourth-order valence-corrected chi connectivity index (χ4v) is 3.48. The lowest BCUT2D eigenvalue weighted by atomic mass is 10.2. The van der Waals surface area contributed by atoms with Crippen LogP contribution in [0.25, 0.3) is 0 Å².